The smallest absolute Gasteiger partial charge is 0.0659 e. The van der Waals surface area contributed by atoms with Crippen molar-refractivity contribution in [3.8, 4) is 0 Å². The maximum Gasteiger partial charge on any atom is 0.0659 e. The molecule has 1 atom stereocenters. The topological polar surface area (TPSA) is 41.9 Å². The SMILES string of the molecule is CC1(C)CNCC(c2cnn(Cc3ccccc3)c2)N1. The molecule has 1 unspecified atom stereocenters. The molecule has 106 valence electrons. The molecule has 4 nitrogen and oxygen atoms in total. The summed E-state index contributed by atoms with van der Waals surface area (Å²) >= 11 is 0. The van der Waals surface area contributed by atoms with E-state index < -0.39 is 0 Å². The first kappa shape index (κ1) is 13.3. The highest BCUT2D eigenvalue weighted by Gasteiger charge is 2.28. The largest absolute Gasteiger partial charge is 0.313 e. The van der Waals surface area contributed by atoms with Gasteiger partial charge in [-0.3, -0.25) is 4.68 Å². The lowest BCUT2D eigenvalue weighted by Crippen LogP contribution is -2.56. The van der Waals surface area contributed by atoms with Gasteiger partial charge in [0.2, 0.25) is 0 Å². The zero-order valence-corrected chi connectivity index (χ0v) is 12.1. The van der Waals surface area contributed by atoms with Crippen molar-refractivity contribution in [1.82, 2.24) is 20.4 Å². The van der Waals surface area contributed by atoms with Crippen molar-refractivity contribution in [3.63, 3.8) is 0 Å². The van der Waals surface area contributed by atoms with E-state index in [1.807, 2.05) is 16.9 Å². The summed E-state index contributed by atoms with van der Waals surface area (Å²) in [5.74, 6) is 0. The molecule has 2 heterocycles. The van der Waals surface area contributed by atoms with Crippen LogP contribution in [-0.2, 0) is 6.54 Å². The highest BCUT2D eigenvalue weighted by Crippen LogP contribution is 2.19. The summed E-state index contributed by atoms with van der Waals surface area (Å²) in [7, 11) is 0. The Labute approximate surface area is 120 Å². The molecule has 4 heteroatoms. The van der Waals surface area contributed by atoms with E-state index in [2.05, 4.69) is 60.0 Å². The fourth-order valence-corrected chi connectivity index (χ4v) is 2.72. The van der Waals surface area contributed by atoms with E-state index in [0.717, 1.165) is 19.6 Å². The molecule has 0 saturated carbocycles. The van der Waals surface area contributed by atoms with Crippen molar-refractivity contribution in [1.29, 1.82) is 0 Å². The minimum Gasteiger partial charge on any atom is -0.313 e. The van der Waals surface area contributed by atoms with Gasteiger partial charge in [-0.25, -0.2) is 0 Å². The van der Waals surface area contributed by atoms with E-state index in [4.69, 9.17) is 0 Å². The fraction of sp³-hybridized carbons (Fsp3) is 0.438. The predicted octanol–water partition coefficient (Wildman–Crippen LogP) is 1.94. The Morgan fingerprint density at radius 2 is 2.10 bits per heavy atom. The monoisotopic (exact) mass is 270 g/mol. The Morgan fingerprint density at radius 3 is 2.85 bits per heavy atom. The van der Waals surface area contributed by atoms with Gasteiger partial charge in [-0.2, -0.15) is 5.10 Å². The van der Waals surface area contributed by atoms with Gasteiger partial charge in [0.25, 0.3) is 0 Å². The Hall–Kier alpha value is -1.65. The van der Waals surface area contributed by atoms with E-state index in [9.17, 15) is 0 Å². The van der Waals surface area contributed by atoms with Gasteiger partial charge >= 0.3 is 0 Å². The molecule has 1 fully saturated rings. The number of benzene rings is 1. The van der Waals surface area contributed by atoms with Crippen LogP contribution in [0.3, 0.4) is 0 Å². The van der Waals surface area contributed by atoms with Gasteiger partial charge in [0.05, 0.1) is 12.7 Å². The number of hydrogen-bond donors (Lipinski definition) is 2. The number of hydrogen-bond acceptors (Lipinski definition) is 3. The van der Waals surface area contributed by atoms with E-state index in [1.165, 1.54) is 11.1 Å². The van der Waals surface area contributed by atoms with Crippen molar-refractivity contribution in [3.05, 3.63) is 53.9 Å². The summed E-state index contributed by atoms with van der Waals surface area (Å²) in [5, 5.41) is 11.6. The van der Waals surface area contributed by atoms with E-state index in [1.54, 1.807) is 0 Å². The lowest BCUT2D eigenvalue weighted by Gasteiger charge is -2.37. The molecule has 2 aromatic rings. The van der Waals surface area contributed by atoms with Crippen LogP contribution >= 0.6 is 0 Å². The maximum atomic E-state index is 4.48. The van der Waals surface area contributed by atoms with Crippen LogP contribution in [0, 0.1) is 0 Å². The molecule has 2 N–H and O–H groups in total. The highest BCUT2D eigenvalue weighted by atomic mass is 15.3. The van der Waals surface area contributed by atoms with Gasteiger partial charge < -0.3 is 10.6 Å². The summed E-state index contributed by atoms with van der Waals surface area (Å²) in [6, 6.07) is 10.8. The Bertz CT molecular complexity index is 559. The average molecular weight is 270 g/mol. The van der Waals surface area contributed by atoms with Gasteiger partial charge in [-0.15, -0.1) is 0 Å². The minimum atomic E-state index is 0.129. The molecular formula is C16H22N4. The third kappa shape index (κ3) is 3.08. The van der Waals surface area contributed by atoms with Crippen LogP contribution in [0.1, 0.15) is 31.0 Å². The van der Waals surface area contributed by atoms with E-state index >= 15 is 0 Å². The molecule has 1 aliphatic rings. The van der Waals surface area contributed by atoms with Crippen molar-refractivity contribution >= 4 is 0 Å². The number of piperazine rings is 1. The van der Waals surface area contributed by atoms with Crippen molar-refractivity contribution < 1.29 is 0 Å². The summed E-state index contributed by atoms with van der Waals surface area (Å²) in [5.41, 5.74) is 2.66. The van der Waals surface area contributed by atoms with Gasteiger partial charge in [0.15, 0.2) is 0 Å². The van der Waals surface area contributed by atoms with Gasteiger partial charge in [-0.1, -0.05) is 30.3 Å². The van der Waals surface area contributed by atoms with Crippen LogP contribution in [0.25, 0.3) is 0 Å². The molecular weight excluding hydrogens is 248 g/mol. The highest BCUT2D eigenvalue weighted by molar-refractivity contribution is 5.17. The molecule has 1 aliphatic heterocycles. The Morgan fingerprint density at radius 1 is 1.30 bits per heavy atom. The molecule has 3 rings (SSSR count). The molecule has 0 radical (unpaired) electrons. The van der Waals surface area contributed by atoms with Crippen LogP contribution in [0.2, 0.25) is 0 Å². The molecule has 0 spiro atoms. The number of nitrogens with one attached hydrogen (secondary N) is 2. The number of nitrogens with zero attached hydrogens (tertiary/aromatic N) is 2. The van der Waals surface area contributed by atoms with Crippen LogP contribution in [0.5, 0.6) is 0 Å². The van der Waals surface area contributed by atoms with Crippen LogP contribution in [0.15, 0.2) is 42.7 Å². The molecule has 0 amide bonds. The molecule has 0 bridgehead atoms. The first-order valence-electron chi connectivity index (χ1n) is 7.17. The van der Waals surface area contributed by atoms with E-state index in [0.29, 0.717) is 6.04 Å². The fourth-order valence-electron chi connectivity index (χ4n) is 2.72. The standard InChI is InChI=1S/C16H22N4/c1-16(2)12-17-9-15(19-16)14-8-18-20(11-14)10-13-6-4-3-5-7-13/h3-8,11,15,17,19H,9-10,12H2,1-2H3. The third-order valence-corrected chi connectivity index (χ3v) is 3.72. The first-order valence-corrected chi connectivity index (χ1v) is 7.17. The van der Waals surface area contributed by atoms with Crippen LogP contribution in [0.4, 0.5) is 0 Å². The van der Waals surface area contributed by atoms with Crippen LogP contribution < -0.4 is 10.6 Å². The molecule has 20 heavy (non-hydrogen) atoms. The second-order valence-electron chi connectivity index (χ2n) is 6.17. The van der Waals surface area contributed by atoms with Crippen molar-refractivity contribution in [2.45, 2.75) is 32.0 Å². The molecule has 1 saturated heterocycles. The zero-order chi connectivity index (χ0) is 14.0. The van der Waals surface area contributed by atoms with Gasteiger partial charge in [-0.05, 0) is 19.4 Å². The normalized spacial score (nSPS) is 21.8. The first-order chi connectivity index (χ1) is 9.62. The molecule has 1 aromatic heterocycles. The minimum absolute atomic E-state index is 0.129. The summed E-state index contributed by atoms with van der Waals surface area (Å²) in [4.78, 5) is 0. The number of rotatable bonds is 3. The predicted molar refractivity (Wildman–Crippen MR) is 80.6 cm³/mol. The van der Waals surface area contributed by atoms with Crippen molar-refractivity contribution in [2.24, 2.45) is 0 Å². The Kier molecular flexibility index (Phi) is 3.59. The lowest BCUT2D eigenvalue weighted by molar-refractivity contribution is 0.264. The van der Waals surface area contributed by atoms with Crippen molar-refractivity contribution in [2.75, 3.05) is 13.1 Å². The van der Waals surface area contributed by atoms with Crippen LogP contribution in [-0.4, -0.2) is 28.4 Å². The second kappa shape index (κ2) is 5.38. The maximum absolute atomic E-state index is 4.48. The number of aromatic nitrogens is 2. The molecule has 0 aliphatic carbocycles. The van der Waals surface area contributed by atoms with Gasteiger partial charge in [0, 0.05) is 36.4 Å². The quantitative estimate of drug-likeness (QED) is 0.895. The van der Waals surface area contributed by atoms with Gasteiger partial charge in [0.1, 0.15) is 0 Å². The lowest BCUT2D eigenvalue weighted by atomic mass is 9.98. The van der Waals surface area contributed by atoms with E-state index in [-0.39, 0.29) is 5.54 Å². The summed E-state index contributed by atoms with van der Waals surface area (Å²) < 4.78 is 2.01. The summed E-state index contributed by atoms with van der Waals surface area (Å²) in [6.07, 6.45) is 4.12. The second-order valence-corrected chi connectivity index (χ2v) is 6.17. The zero-order valence-electron chi connectivity index (χ0n) is 12.1. The Balaban J connectivity index is 1.70. The summed E-state index contributed by atoms with van der Waals surface area (Å²) in [6.45, 7) is 7.23. The third-order valence-electron chi connectivity index (χ3n) is 3.72. The molecule has 1 aromatic carbocycles. The average Bonchev–Trinajstić information content (AvgIpc) is 2.87.